The van der Waals surface area contributed by atoms with E-state index in [1.54, 1.807) is 18.0 Å². The summed E-state index contributed by atoms with van der Waals surface area (Å²) < 4.78 is 4.83. The summed E-state index contributed by atoms with van der Waals surface area (Å²) in [5.74, 6) is -1.17. The van der Waals surface area contributed by atoms with E-state index >= 15 is 0 Å². The second-order valence-corrected chi connectivity index (χ2v) is 9.99. The Morgan fingerprint density at radius 2 is 1.81 bits per heavy atom. The number of para-hydroxylation sites is 1. The third-order valence-electron chi connectivity index (χ3n) is 5.65. The fourth-order valence-electron chi connectivity index (χ4n) is 3.79. The summed E-state index contributed by atoms with van der Waals surface area (Å²) >= 11 is 1.54. The molecule has 0 radical (unpaired) electrons. The van der Waals surface area contributed by atoms with Gasteiger partial charge < -0.3 is 31.4 Å². The maximum Gasteiger partial charge on any atom is 0.328 e. The van der Waals surface area contributed by atoms with Gasteiger partial charge in [-0.05, 0) is 42.4 Å². The predicted octanol–water partition coefficient (Wildman–Crippen LogP) is 1.10. The lowest BCUT2D eigenvalue weighted by atomic mass is 10.0. The van der Waals surface area contributed by atoms with Gasteiger partial charge in [-0.15, -0.1) is 0 Å². The fourth-order valence-corrected chi connectivity index (χ4v) is 4.26. The summed E-state index contributed by atoms with van der Waals surface area (Å²) in [5.41, 5.74) is 7.60. The van der Waals surface area contributed by atoms with Crippen LogP contribution in [0.5, 0.6) is 0 Å². The van der Waals surface area contributed by atoms with Crippen molar-refractivity contribution in [2.24, 2.45) is 11.7 Å². The van der Waals surface area contributed by atoms with Gasteiger partial charge in [0.25, 0.3) is 0 Å². The molecule has 0 saturated carbocycles. The molecule has 0 bridgehead atoms. The summed E-state index contributed by atoms with van der Waals surface area (Å²) in [6.45, 7) is 3.58. The molecule has 36 heavy (non-hydrogen) atoms. The van der Waals surface area contributed by atoms with E-state index < -0.39 is 41.8 Å². The molecule has 1 heterocycles. The van der Waals surface area contributed by atoms with Gasteiger partial charge in [-0.3, -0.25) is 14.4 Å². The number of hydrogen-bond donors (Lipinski definition) is 5. The van der Waals surface area contributed by atoms with Crippen molar-refractivity contribution in [2.75, 3.05) is 25.7 Å². The van der Waals surface area contributed by atoms with E-state index in [0.29, 0.717) is 18.6 Å². The van der Waals surface area contributed by atoms with E-state index in [0.717, 1.165) is 16.5 Å². The summed E-state index contributed by atoms with van der Waals surface area (Å²) in [6.07, 6.45) is 4.74. The van der Waals surface area contributed by atoms with Gasteiger partial charge in [0.1, 0.15) is 12.1 Å². The number of rotatable bonds is 14. The number of nitrogens with two attached hydrogens (primary N) is 1. The van der Waals surface area contributed by atoms with Crippen LogP contribution in [0.4, 0.5) is 0 Å². The number of aromatic amines is 1. The number of H-pyrrole nitrogens is 1. The van der Waals surface area contributed by atoms with E-state index in [4.69, 9.17) is 10.5 Å². The van der Waals surface area contributed by atoms with Crippen LogP contribution in [0.3, 0.4) is 0 Å². The van der Waals surface area contributed by atoms with Gasteiger partial charge in [0.2, 0.25) is 17.7 Å². The molecule has 3 amide bonds. The van der Waals surface area contributed by atoms with Crippen LogP contribution in [0.25, 0.3) is 10.9 Å². The number of thioether (sulfide) groups is 1. The lowest BCUT2D eigenvalue weighted by molar-refractivity contribution is -0.145. The number of esters is 1. The van der Waals surface area contributed by atoms with Crippen molar-refractivity contribution < 1.29 is 23.9 Å². The smallest absolute Gasteiger partial charge is 0.328 e. The second-order valence-electron chi connectivity index (χ2n) is 9.00. The van der Waals surface area contributed by atoms with Crippen LogP contribution < -0.4 is 21.7 Å². The molecule has 198 valence electrons. The SMILES string of the molecule is COC(=O)[C@H](CCSC)NC(=O)[C@H](Cc1c[nH]c2ccccc12)NC(=O)CNC(=O)[C@@H](N)CC(C)C. The van der Waals surface area contributed by atoms with Gasteiger partial charge in [-0.2, -0.15) is 11.8 Å². The number of aromatic nitrogens is 1. The van der Waals surface area contributed by atoms with E-state index in [2.05, 4.69) is 20.9 Å². The third kappa shape index (κ3) is 8.87. The number of carbonyl (C=O) groups is 4. The van der Waals surface area contributed by atoms with Crippen molar-refractivity contribution >= 4 is 46.4 Å². The number of fused-ring (bicyclic) bond motifs is 1. The molecule has 3 atom stereocenters. The van der Waals surface area contributed by atoms with Crippen LogP contribution in [0, 0.1) is 5.92 Å². The van der Waals surface area contributed by atoms with Crippen LogP contribution in [0.2, 0.25) is 0 Å². The first kappa shape index (κ1) is 29.2. The number of benzene rings is 1. The molecule has 1 aromatic carbocycles. The minimum Gasteiger partial charge on any atom is -0.467 e. The molecule has 0 unspecified atom stereocenters. The molecule has 11 heteroatoms. The molecule has 0 spiro atoms. The van der Waals surface area contributed by atoms with E-state index in [1.807, 2.05) is 44.4 Å². The Morgan fingerprint density at radius 3 is 2.47 bits per heavy atom. The van der Waals surface area contributed by atoms with E-state index in [1.165, 1.54) is 7.11 Å². The molecule has 2 rings (SSSR count). The summed E-state index contributed by atoms with van der Waals surface area (Å²) in [6, 6.07) is 5.07. The van der Waals surface area contributed by atoms with Crippen molar-refractivity contribution in [2.45, 2.75) is 51.2 Å². The average molecular weight is 520 g/mol. The zero-order chi connectivity index (χ0) is 26.7. The number of amides is 3. The minimum atomic E-state index is -0.987. The number of nitrogens with one attached hydrogen (secondary N) is 4. The number of carbonyl (C=O) groups excluding carboxylic acids is 4. The zero-order valence-electron chi connectivity index (χ0n) is 21.3. The molecule has 6 N–H and O–H groups in total. The maximum atomic E-state index is 13.2. The number of ether oxygens (including phenoxy) is 1. The van der Waals surface area contributed by atoms with Gasteiger partial charge in [-0.25, -0.2) is 4.79 Å². The molecule has 0 aliphatic heterocycles. The van der Waals surface area contributed by atoms with Crippen molar-refractivity contribution in [1.29, 1.82) is 0 Å². The molecule has 0 saturated heterocycles. The highest BCUT2D eigenvalue weighted by molar-refractivity contribution is 7.98. The van der Waals surface area contributed by atoms with Crippen molar-refractivity contribution in [3.05, 3.63) is 36.0 Å². The highest BCUT2D eigenvalue weighted by Gasteiger charge is 2.28. The fraction of sp³-hybridized carbons (Fsp3) is 0.520. The first-order chi connectivity index (χ1) is 17.2. The monoisotopic (exact) mass is 519 g/mol. The highest BCUT2D eigenvalue weighted by atomic mass is 32.2. The average Bonchev–Trinajstić information content (AvgIpc) is 3.26. The van der Waals surface area contributed by atoms with Gasteiger partial charge in [0.05, 0.1) is 19.7 Å². The lowest BCUT2D eigenvalue weighted by Crippen LogP contribution is -2.54. The van der Waals surface area contributed by atoms with E-state index in [9.17, 15) is 19.2 Å². The molecule has 1 aromatic heterocycles. The highest BCUT2D eigenvalue weighted by Crippen LogP contribution is 2.19. The standard InChI is InChI=1S/C25H37N5O5S/c1-15(2)11-18(26)23(32)28-14-22(31)29-21(12-16-13-27-19-8-6-5-7-17(16)19)24(33)30-20(9-10-36-4)25(34)35-3/h5-8,13,15,18,20-21,27H,9-12,14,26H2,1-4H3,(H,28,32)(H,29,31)(H,30,33)/t18-,20-,21-/m0/s1. The van der Waals surface area contributed by atoms with Crippen molar-refractivity contribution in [3.63, 3.8) is 0 Å². The molecule has 0 aliphatic carbocycles. The summed E-state index contributed by atoms with van der Waals surface area (Å²) in [7, 11) is 1.26. The quantitative estimate of drug-likeness (QED) is 0.234. The Hall–Kier alpha value is -3.05. The molecule has 2 aromatic rings. The molecular weight excluding hydrogens is 482 g/mol. The Kier molecular flexibility index (Phi) is 11.7. The first-order valence-electron chi connectivity index (χ1n) is 11.9. The van der Waals surface area contributed by atoms with E-state index in [-0.39, 0.29) is 18.9 Å². The predicted molar refractivity (Wildman–Crippen MR) is 141 cm³/mol. The summed E-state index contributed by atoms with van der Waals surface area (Å²) in [5, 5.41) is 8.86. The van der Waals surface area contributed by atoms with Crippen LogP contribution in [0.1, 0.15) is 32.3 Å². The van der Waals surface area contributed by atoms with Gasteiger partial charge in [0.15, 0.2) is 0 Å². The lowest BCUT2D eigenvalue weighted by Gasteiger charge is -2.22. The Morgan fingerprint density at radius 1 is 1.08 bits per heavy atom. The van der Waals surface area contributed by atoms with Gasteiger partial charge in [-0.1, -0.05) is 32.0 Å². The first-order valence-corrected chi connectivity index (χ1v) is 13.3. The largest absolute Gasteiger partial charge is 0.467 e. The van der Waals surface area contributed by atoms with Gasteiger partial charge in [0, 0.05) is 23.5 Å². The maximum absolute atomic E-state index is 13.2. The zero-order valence-corrected chi connectivity index (χ0v) is 22.1. The van der Waals surface area contributed by atoms with Crippen molar-refractivity contribution in [3.8, 4) is 0 Å². The van der Waals surface area contributed by atoms with Crippen LogP contribution in [0.15, 0.2) is 30.5 Å². The van der Waals surface area contributed by atoms with Crippen molar-refractivity contribution in [1.82, 2.24) is 20.9 Å². The van der Waals surface area contributed by atoms with Gasteiger partial charge >= 0.3 is 5.97 Å². The Labute approximate surface area is 215 Å². The topological polar surface area (TPSA) is 155 Å². The molecule has 10 nitrogen and oxygen atoms in total. The number of methoxy groups -OCH3 is 1. The normalized spacial score (nSPS) is 13.6. The number of hydrogen-bond acceptors (Lipinski definition) is 7. The van der Waals surface area contributed by atoms with Crippen LogP contribution in [-0.4, -0.2) is 72.5 Å². The van der Waals surface area contributed by atoms with Crippen LogP contribution in [-0.2, 0) is 30.3 Å². The Balaban J connectivity index is 2.15. The second kappa shape index (κ2) is 14.5. The molecule has 0 fully saturated rings. The third-order valence-corrected chi connectivity index (χ3v) is 6.29. The van der Waals surface area contributed by atoms with Crippen LogP contribution >= 0.6 is 11.8 Å². The molecule has 0 aliphatic rings. The molecular formula is C25H37N5O5S. The summed E-state index contributed by atoms with van der Waals surface area (Å²) in [4.78, 5) is 53.5. The minimum absolute atomic E-state index is 0.179. The Bertz CT molecular complexity index is 1040.